The molecule has 0 aliphatic heterocycles. The van der Waals surface area contributed by atoms with Crippen LogP contribution in [0.2, 0.25) is 5.02 Å². The Balaban J connectivity index is 2.35. The highest BCUT2D eigenvalue weighted by Crippen LogP contribution is 2.33. The van der Waals surface area contributed by atoms with E-state index in [0.717, 1.165) is 21.6 Å². The summed E-state index contributed by atoms with van der Waals surface area (Å²) in [5.74, 6) is 0. The third-order valence-electron chi connectivity index (χ3n) is 2.77. The minimum atomic E-state index is 0.00705. The number of aromatic nitrogens is 1. The second-order valence-electron chi connectivity index (χ2n) is 5.50. The average molecular weight is 360 g/mol. The molecule has 1 heterocycles. The summed E-state index contributed by atoms with van der Waals surface area (Å²) < 4.78 is 0.918. The standard InChI is InChI=1S/C14H16BrClN2S/c1-14(2,3)12-11(19-13(17)18-12)7-8-4-5-10(16)9(15)6-8/h4-6H,7H2,1-3H3,(H2,17,18). The van der Waals surface area contributed by atoms with Crippen LogP contribution in [0.5, 0.6) is 0 Å². The molecule has 0 bridgehead atoms. The number of thiazole rings is 1. The van der Waals surface area contributed by atoms with E-state index in [-0.39, 0.29) is 5.41 Å². The van der Waals surface area contributed by atoms with Gasteiger partial charge >= 0.3 is 0 Å². The van der Waals surface area contributed by atoms with Gasteiger partial charge in [0.1, 0.15) is 0 Å². The largest absolute Gasteiger partial charge is 0.375 e. The molecule has 2 N–H and O–H groups in total. The van der Waals surface area contributed by atoms with Crippen molar-refractivity contribution in [2.24, 2.45) is 0 Å². The maximum absolute atomic E-state index is 6.01. The molecule has 5 heteroatoms. The van der Waals surface area contributed by atoms with Gasteiger partial charge in [0.15, 0.2) is 5.13 Å². The molecule has 1 aromatic heterocycles. The summed E-state index contributed by atoms with van der Waals surface area (Å²) in [5, 5.41) is 1.36. The molecule has 2 rings (SSSR count). The number of hydrogen-bond donors (Lipinski definition) is 1. The fourth-order valence-corrected chi connectivity index (χ4v) is 3.53. The number of hydrogen-bond acceptors (Lipinski definition) is 3. The number of anilines is 1. The molecule has 0 atom stereocenters. The van der Waals surface area contributed by atoms with Gasteiger partial charge in [-0.2, -0.15) is 0 Å². The van der Waals surface area contributed by atoms with Crippen molar-refractivity contribution in [2.75, 3.05) is 5.73 Å². The molecule has 0 saturated carbocycles. The van der Waals surface area contributed by atoms with Gasteiger partial charge in [-0.3, -0.25) is 0 Å². The van der Waals surface area contributed by atoms with E-state index in [1.807, 2.05) is 18.2 Å². The fourth-order valence-electron chi connectivity index (χ4n) is 1.91. The van der Waals surface area contributed by atoms with E-state index in [4.69, 9.17) is 17.3 Å². The Morgan fingerprint density at radius 3 is 2.63 bits per heavy atom. The zero-order valence-electron chi connectivity index (χ0n) is 11.1. The van der Waals surface area contributed by atoms with E-state index in [9.17, 15) is 0 Å². The van der Waals surface area contributed by atoms with Crippen LogP contribution in [0.25, 0.3) is 0 Å². The number of halogens is 2. The predicted octanol–water partition coefficient (Wildman–Crippen LogP) is 5.03. The van der Waals surface area contributed by atoms with Gasteiger partial charge in [-0.05, 0) is 33.6 Å². The number of benzene rings is 1. The molecule has 0 spiro atoms. The SMILES string of the molecule is CC(C)(C)c1nc(N)sc1Cc1ccc(Cl)c(Br)c1. The van der Waals surface area contributed by atoms with Gasteiger partial charge in [0.05, 0.1) is 10.7 Å². The Morgan fingerprint density at radius 1 is 1.37 bits per heavy atom. The van der Waals surface area contributed by atoms with Crippen LogP contribution >= 0.6 is 38.9 Å². The topological polar surface area (TPSA) is 38.9 Å². The molecular formula is C14H16BrClN2S. The molecule has 0 aliphatic carbocycles. The second-order valence-corrected chi connectivity index (χ2v) is 7.88. The van der Waals surface area contributed by atoms with Crippen molar-refractivity contribution in [2.45, 2.75) is 32.6 Å². The van der Waals surface area contributed by atoms with Crippen LogP contribution in [0.1, 0.15) is 36.9 Å². The van der Waals surface area contributed by atoms with Gasteiger partial charge in [-0.25, -0.2) is 4.98 Å². The van der Waals surface area contributed by atoms with Gasteiger partial charge in [-0.15, -0.1) is 11.3 Å². The smallest absolute Gasteiger partial charge is 0.180 e. The van der Waals surface area contributed by atoms with Crippen molar-refractivity contribution in [1.82, 2.24) is 4.98 Å². The molecule has 102 valence electrons. The first kappa shape index (κ1) is 14.8. The number of rotatable bonds is 2. The van der Waals surface area contributed by atoms with Crippen LogP contribution in [-0.2, 0) is 11.8 Å². The third kappa shape index (κ3) is 3.50. The highest BCUT2D eigenvalue weighted by atomic mass is 79.9. The van der Waals surface area contributed by atoms with Crippen LogP contribution < -0.4 is 5.73 Å². The Morgan fingerprint density at radius 2 is 2.05 bits per heavy atom. The lowest BCUT2D eigenvalue weighted by Crippen LogP contribution is -2.14. The van der Waals surface area contributed by atoms with Crippen molar-refractivity contribution in [3.63, 3.8) is 0 Å². The average Bonchev–Trinajstić information content (AvgIpc) is 2.65. The van der Waals surface area contributed by atoms with E-state index < -0.39 is 0 Å². The molecule has 2 nitrogen and oxygen atoms in total. The first-order valence-electron chi connectivity index (χ1n) is 5.97. The fraction of sp³-hybridized carbons (Fsp3) is 0.357. The molecule has 2 aromatic rings. The van der Waals surface area contributed by atoms with Crippen molar-refractivity contribution in [1.29, 1.82) is 0 Å². The van der Waals surface area contributed by atoms with Crippen molar-refractivity contribution >= 4 is 44.0 Å². The summed E-state index contributed by atoms with van der Waals surface area (Å²) in [6.07, 6.45) is 0.831. The molecule has 19 heavy (non-hydrogen) atoms. The molecular weight excluding hydrogens is 344 g/mol. The van der Waals surface area contributed by atoms with Crippen molar-refractivity contribution in [3.8, 4) is 0 Å². The van der Waals surface area contributed by atoms with Crippen LogP contribution in [0.15, 0.2) is 22.7 Å². The predicted molar refractivity (Wildman–Crippen MR) is 87.2 cm³/mol. The number of nitrogens with zero attached hydrogens (tertiary/aromatic N) is 1. The lowest BCUT2D eigenvalue weighted by molar-refractivity contribution is 0.568. The van der Waals surface area contributed by atoms with E-state index in [2.05, 4.69) is 41.7 Å². The zero-order valence-corrected chi connectivity index (χ0v) is 14.3. The van der Waals surface area contributed by atoms with Crippen LogP contribution in [0.3, 0.4) is 0 Å². The van der Waals surface area contributed by atoms with Crippen LogP contribution in [0.4, 0.5) is 5.13 Å². The summed E-state index contributed by atoms with van der Waals surface area (Å²) in [7, 11) is 0. The van der Waals surface area contributed by atoms with Gasteiger partial charge < -0.3 is 5.73 Å². The quantitative estimate of drug-likeness (QED) is 0.816. The van der Waals surface area contributed by atoms with Gasteiger partial charge in [0.2, 0.25) is 0 Å². The lowest BCUT2D eigenvalue weighted by Gasteiger charge is -2.17. The lowest BCUT2D eigenvalue weighted by atomic mass is 9.90. The molecule has 0 amide bonds. The molecule has 0 unspecified atom stereocenters. The van der Waals surface area contributed by atoms with E-state index in [1.54, 1.807) is 11.3 Å². The molecule has 0 fully saturated rings. The van der Waals surface area contributed by atoms with Crippen LogP contribution in [0, 0.1) is 0 Å². The Hall–Kier alpha value is -0.580. The number of nitrogen functional groups attached to an aromatic ring is 1. The van der Waals surface area contributed by atoms with Gasteiger partial charge in [-0.1, -0.05) is 38.4 Å². The van der Waals surface area contributed by atoms with E-state index in [1.165, 1.54) is 10.4 Å². The zero-order chi connectivity index (χ0) is 14.2. The first-order valence-corrected chi connectivity index (χ1v) is 7.95. The highest BCUT2D eigenvalue weighted by Gasteiger charge is 2.22. The van der Waals surface area contributed by atoms with Crippen molar-refractivity contribution in [3.05, 3.63) is 43.8 Å². The third-order valence-corrected chi connectivity index (χ3v) is 4.87. The minimum Gasteiger partial charge on any atom is -0.375 e. The summed E-state index contributed by atoms with van der Waals surface area (Å²) >= 11 is 11.0. The van der Waals surface area contributed by atoms with Gasteiger partial charge in [0.25, 0.3) is 0 Å². The number of nitrogens with two attached hydrogens (primary N) is 1. The molecule has 1 aromatic carbocycles. The summed E-state index contributed by atoms with van der Waals surface area (Å²) in [6.45, 7) is 6.47. The molecule has 0 aliphatic rings. The van der Waals surface area contributed by atoms with E-state index in [0.29, 0.717) is 5.13 Å². The summed E-state index contributed by atoms with van der Waals surface area (Å²) in [6, 6.07) is 5.99. The first-order chi connectivity index (χ1) is 8.77. The monoisotopic (exact) mass is 358 g/mol. The van der Waals surface area contributed by atoms with Gasteiger partial charge in [0, 0.05) is 21.2 Å². The highest BCUT2D eigenvalue weighted by molar-refractivity contribution is 9.10. The Labute approximate surface area is 131 Å². The Kier molecular flexibility index (Phi) is 4.23. The molecule has 0 radical (unpaired) electrons. The van der Waals surface area contributed by atoms with Crippen LogP contribution in [-0.4, -0.2) is 4.98 Å². The maximum Gasteiger partial charge on any atom is 0.180 e. The maximum atomic E-state index is 6.01. The summed E-state index contributed by atoms with van der Waals surface area (Å²) in [4.78, 5) is 5.70. The summed E-state index contributed by atoms with van der Waals surface area (Å²) in [5.41, 5.74) is 8.15. The minimum absolute atomic E-state index is 0.00705. The second kappa shape index (κ2) is 5.43. The Bertz CT molecular complexity index is 602. The molecule has 0 saturated heterocycles. The van der Waals surface area contributed by atoms with E-state index >= 15 is 0 Å². The normalized spacial score (nSPS) is 11.8. The van der Waals surface area contributed by atoms with Crippen molar-refractivity contribution < 1.29 is 0 Å².